The smallest absolute Gasteiger partial charge is 0.273 e. The Morgan fingerprint density at radius 3 is 2.53 bits per heavy atom. The van der Waals surface area contributed by atoms with Crippen LogP contribution in [-0.4, -0.2) is 44.8 Å². The molecule has 188 valence electrons. The van der Waals surface area contributed by atoms with Crippen LogP contribution in [0.1, 0.15) is 59.5 Å². The van der Waals surface area contributed by atoms with Crippen LogP contribution in [0.15, 0.2) is 54.6 Å². The third kappa shape index (κ3) is 5.75. The molecule has 10 heteroatoms. The van der Waals surface area contributed by atoms with E-state index in [1.165, 1.54) is 11.3 Å². The van der Waals surface area contributed by atoms with Gasteiger partial charge in [0.05, 0.1) is 5.54 Å². The number of carbonyl (C=O) groups is 2. The Hall–Kier alpha value is -3.27. The summed E-state index contributed by atoms with van der Waals surface area (Å²) in [6, 6.07) is 16.4. The normalized spacial score (nSPS) is 12.5. The van der Waals surface area contributed by atoms with Crippen molar-refractivity contribution in [2.45, 2.75) is 38.6 Å². The Balaban J connectivity index is 1.54. The first-order valence-corrected chi connectivity index (χ1v) is 12.8. The zero-order valence-electron chi connectivity index (χ0n) is 20.3. The van der Waals surface area contributed by atoms with E-state index in [0.717, 1.165) is 5.56 Å². The number of hydrogen-bond donors (Lipinski definition) is 3. The van der Waals surface area contributed by atoms with Crippen LogP contribution < -0.4 is 10.6 Å². The van der Waals surface area contributed by atoms with Crippen molar-refractivity contribution in [3.8, 4) is 0 Å². The van der Waals surface area contributed by atoms with Crippen molar-refractivity contribution >= 4 is 50.2 Å². The molecule has 8 nitrogen and oxygen atoms in total. The van der Waals surface area contributed by atoms with E-state index in [1.807, 2.05) is 51.1 Å². The highest BCUT2D eigenvalue weighted by molar-refractivity contribution is 7.22. The summed E-state index contributed by atoms with van der Waals surface area (Å²) in [6.45, 7) is 6.27. The molecule has 4 rings (SSSR count). The zero-order valence-corrected chi connectivity index (χ0v) is 21.9. The quantitative estimate of drug-likeness (QED) is 0.298. The van der Waals surface area contributed by atoms with E-state index in [1.54, 1.807) is 28.9 Å². The lowest BCUT2D eigenvalue weighted by Crippen LogP contribution is -2.28. The van der Waals surface area contributed by atoms with E-state index in [2.05, 4.69) is 20.7 Å². The maximum atomic E-state index is 13.1. The van der Waals surface area contributed by atoms with Crippen LogP contribution in [0.2, 0.25) is 5.02 Å². The number of hydrogen-bond acceptors (Lipinski definition) is 6. The number of nitrogens with one attached hydrogen (secondary N) is 2. The molecule has 1 atom stereocenters. The van der Waals surface area contributed by atoms with Crippen molar-refractivity contribution in [3.05, 3.63) is 76.4 Å². The molecule has 0 aliphatic heterocycles. The van der Waals surface area contributed by atoms with Gasteiger partial charge in [0, 0.05) is 29.7 Å². The van der Waals surface area contributed by atoms with E-state index in [0.29, 0.717) is 39.0 Å². The van der Waals surface area contributed by atoms with Crippen LogP contribution in [0.3, 0.4) is 0 Å². The van der Waals surface area contributed by atoms with Crippen molar-refractivity contribution in [3.63, 3.8) is 0 Å². The number of aromatic nitrogens is 3. The van der Waals surface area contributed by atoms with Gasteiger partial charge in [0.15, 0.2) is 16.5 Å². The van der Waals surface area contributed by atoms with Gasteiger partial charge in [-0.25, -0.2) is 4.68 Å². The number of nitrogens with zero attached hydrogens (tertiary/aromatic N) is 3. The van der Waals surface area contributed by atoms with Gasteiger partial charge in [-0.05, 0) is 51.0 Å². The van der Waals surface area contributed by atoms with Gasteiger partial charge in [-0.2, -0.15) is 10.1 Å². The number of aliphatic hydroxyl groups is 1. The SMILES string of the molecule is CC(C)(C)n1nc(C(=O)NCC[C@@H](CO)c2ccccc2)c2sc(NC(=O)c3cccc(Cl)c3)nc21. The Bertz CT molecular complexity index is 1380. The second kappa shape index (κ2) is 10.8. The fourth-order valence-electron chi connectivity index (χ4n) is 3.80. The molecule has 0 aliphatic carbocycles. The second-order valence-corrected chi connectivity index (χ2v) is 10.8. The number of rotatable bonds is 8. The summed E-state index contributed by atoms with van der Waals surface area (Å²) in [5.41, 5.74) is 1.77. The first-order chi connectivity index (χ1) is 17.2. The van der Waals surface area contributed by atoms with E-state index in [4.69, 9.17) is 11.6 Å². The van der Waals surface area contributed by atoms with Crippen LogP contribution in [0.25, 0.3) is 10.3 Å². The van der Waals surface area contributed by atoms with Crippen LogP contribution in [-0.2, 0) is 5.54 Å². The molecule has 0 saturated carbocycles. The lowest BCUT2D eigenvalue weighted by Gasteiger charge is -2.19. The molecule has 0 saturated heterocycles. The highest BCUT2D eigenvalue weighted by Crippen LogP contribution is 2.32. The van der Waals surface area contributed by atoms with E-state index < -0.39 is 5.54 Å². The molecule has 4 aromatic rings. The highest BCUT2D eigenvalue weighted by atomic mass is 35.5. The number of benzene rings is 2. The lowest BCUT2D eigenvalue weighted by molar-refractivity contribution is 0.0945. The maximum Gasteiger partial charge on any atom is 0.273 e. The zero-order chi connectivity index (χ0) is 25.9. The van der Waals surface area contributed by atoms with Gasteiger partial charge >= 0.3 is 0 Å². The molecule has 0 fully saturated rings. The van der Waals surface area contributed by atoms with Gasteiger partial charge in [0.25, 0.3) is 11.8 Å². The Morgan fingerprint density at radius 2 is 1.86 bits per heavy atom. The minimum Gasteiger partial charge on any atom is -0.396 e. The van der Waals surface area contributed by atoms with E-state index in [9.17, 15) is 14.7 Å². The lowest BCUT2D eigenvalue weighted by atomic mass is 9.97. The van der Waals surface area contributed by atoms with Crippen LogP contribution in [0, 0.1) is 0 Å². The number of fused-ring (bicyclic) bond motifs is 1. The topological polar surface area (TPSA) is 109 Å². The molecule has 0 aliphatic rings. The molecule has 0 unspecified atom stereocenters. The molecule has 2 heterocycles. The van der Waals surface area contributed by atoms with Crippen LogP contribution in [0.4, 0.5) is 5.13 Å². The fourth-order valence-corrected chi connectivity index (χ4v) is 4.92. The number of aliphatic hydroxyl groups excluding tert-OH is 1. The first kappa shape index (κ1) is 25.8. The number of amides is 2. The average Bonchev–Trinajstić information content (AvgIpc) is 3.40. The van der Waals surface area contributed by atoms with Crippen LogP contribution in [0.5, 0.6) is 0 Å². The number of anilines is 1. The maximum absolute atomic E-state index is 13.1. The molecular formula is C26H28ClN5O3S. The first-order valence-electron chi connectivity index (χ1n) is 11.6. The number of halogens is 1. The molecule has 0 spiro atoms. The predicted octanol–water partition coefficient (Wildman–Crippen LogP) is 5.05. The molecule has 2 aromatic heterocycles. The summed E-state index contributed by atoms with van der Waals surface area (Å²) in [4.78, 5) is 30.4. The predicted molar refractivity (Wildman–Crippen MR) is 143 cm³/mol. The molecule has 36 heavy (non-hydrogen) atoms. The van der Waals surface area contributed by atoms with Crippen molar-refractivity contribution in [2.75, 3.05) is 18.5 Å². The van der Waals surface area contributed by atoms with Gasteiger partial charge in [-0.3, -0.25) is 14.9 Å². The Kier molecular flexibility index (Phi) is 7.73. The molecule has 2 amide bonds. The fraction of sp³-hybridized carbons (Fsp3) is 0.308. The molecule has 0 radical (unpaired) electrons. The Labute approximate surface area is 218 Å². The van der Waals surface area contributed by atoms with Gasteiger partial charge in [-0.1, -0.05) is 59.3 Å². The Morgan fingerprint density at radius 1 is 1.11 bits per heavy atom. The van der Waals surface area contributed by atoms with E-state index >= 15 is 0 Å². The monoisotopic (exact) mass is 525 g/mol. The van der Waals surface area contributed by atoms with Crippen LogP contribution >= 0.6 is 22.9 Å². The standard InChI is InChI=1S/C26H28ClN5O3S/c1-26(2,3)32-22-21(36-25(29-22)30-23(34)17-10-7-11-19(27)14-17)20(31-32)24(35)28-13-12-18(15-33)16-8-5-4-6-9-16/h4-11,14,18,33H,12-13,15H2,1-3H3,(H,28,35)(H,29,30,34)/t18-/m0/s1. The van der Waals surface area contributed by atoms with Crippen molar-refractivity contribution in [1.29, 1.82) is 0 Å². The third-order valence-corrected chi connectivity index (χ3v) is 6.85. The number of carbonyl (C=O) groups excluding carboxylic acids is 2. The largest absolute Gasteiger partial charge is 0.396 e. The highest BCUT2D eigenvalue weighted by Gasteiger charge is 2.27. The summed E-state index contributed by atoms with van der Waals surface area (Å²) < 4.78 is 2.29. The summed E-state index contributed by atoms with van der Waals surface area (Å²) >= 11 is 7.20. The van der Waals surface area contributed by atoms with E-state index in [-0.39, 0.29) is 30.0 Å². The average molecular weight is 526 g/mol. The molecule has 2 aromatic carbocycles. The van der Waals surface area contributed by atoms with Crippen molar-refractivity contribution in [1.82, 2.24) is 20.1 Å². The minimum atomic E-state index is -0.436. The van der Waals surface area contributed by atoms with Gasteiger partial charge in [0.1, 0.15) is 4.70 Å². The van der Waals surface area contributed by atoms with Crippen molar-refractivity contribution < 1.29 is 14.7 Å². The van der Waals surface area contributed by atoms with Crippen molar-refractivity contribution in [2.24, 2.45) is 0 Å². The molecular weight excluding hydrogens is 498 g/mol. The molecule has 3 N–H and O–H groups in total. The van der Waals surface area contributed by atoms with Gasteiger partial charge in [0.2, 0.25) is 0 Å². The summed E-state index contributed by atoms with van der Waals surface area (Å²) in [6.07, 6.45) is 0.582. The summed E-state index contributed by atoms with van der Waals surface area (Å²) in [7, 11) is 0. The summed E-state index contributed by atoms with van der Waals surface area (Å²) in [5, 5.41) is 20.9. The van der Waals surface area contributed by atoms with Gasteiger partial charge in [-0.15, -0.1) is 0 Å². The minimum absolute atomic E-state index is 0.00664. The summed E-state index contributed by atoms with van der Waals surface area (Å²) in [5.74, 6) is -0.745. The third-order valence-electron chi connectivity index (χ3n) is 5.65. The molecule has 0 bridgehead atoms. The van der Waals surface area contributed by atoms with Gasteiger partial charge < -0.3 is 10.4 Å². The second-order valence-electron chi connectivity index (χ2n) is 9.40. The number of thiazole rings is 1.